The molecule has 1 aliphatic heterocycles. The molecule has 0 aromatic heterocycles. The number of para-hydroxylation sites is 1. The van der Waals surface area contributed by atoms with Crippen LogP contribution in [0, 0.1) is 11.3 Å². The van der Waals surface area contributed by atoms with E-state index < -0.39 is 20.6 Å². The molecule has 0 spiro atoms. The number of rotatable bonds is 3. The normalized spacial score (nSPS) is 22.2. The van der Waals surface area contributed by atoms with Crippen LogP contribution in [0.1, 0.15) is 11.1 Å². The van der Waals surface area contributed by atoms with E-state index >= 15 is 0 Å². The number of benzene rings is 3. The minimum Gasteiger partial charge on any atom is -0.372 e. The molecule has 3 aromatic carbocycles. The number of halogens is 2. The summed E-state index contributed by atoms with van der Waals surface area (Å²) in [7, 11) is -3.92. The standard InChI is InChI=1S/C22H16Cl2N2O2S/c23-17-10-8-16(9-11-17)22(13-15-4-3-5-18(24)12-15)21(14-25)29(27,28)20-7-2-1-6-19(20)26-22/h1-12,21,26H,13H2. The van der Waals surface area contributed by atoms with Crippen LogP contribution in [0.2, 0.25) is 10.0 Å². The van der Waals surface area contributed by atoms with Gasteiger partial charge in [-0.2, -0.15) is 5.26 Å². The minimum absolute atomic E-state index is 0.127. The third-order valence-electron chi connectivity index (χ3n) is 5.16. The van der Waals surface area contributed by atoms with Gasteiger partial charge in [-0.15, -0.1) is 0 Å². The van der Waals surface area contributed by atoms with Crippen molar-refractivity contribution in [2.75, 3.05) is 5.32 Å². The predicted octanol–water partition coefficient (Wildman–Crippen LogP) is 5.22. The molecule has 4 nitrogen and oxygen atoms in total. The first-order chi connectivity index (χ1) is 13.9. The van der Waals surface area contributed by atoms with Gasteiger partial charge in [-0.25, -0.2) is 8.42 Å². The maximum absolute atomic E-state index is 13.4. The Morgan fingerprint density at radius 1 is 0.966 bits per heavy atom. The molecule has 29 heavy (non-hydrogen) atoms. The van der Waals surface area contributed by atoms with Crippen LogP contribution in [0.25, 0.3) is 0 Å². The SMILES string of the molecule is N#CC1C(Cc2cccc(Cl)c2)(c2ccc(Cl)cc2)Nc2ccccc2S1(=O)=O. The number of anilines is 1. The molecule has 3 aromatic rings. The summed E-state index contributed by atoms with van der Waals surface area (Å²) in [5, 5.41) is 13.1. The Morgan fingerprint density at radius 2 is 1.69 bits per heavy atom. The molecule has 1 N–H and O–H groups in total. The predicted molar refractivity (Wildman–Crippen MR) is 115 cm³/mol. The number of nitrogens with zero attached hydrogens (tertiary/aromatic N) is 1. The molecular formula is C22H16Cl2N2O2S. The topological polar surface area (TPSA) is 70.0 Å². The first-order valence-corrected chi connectivity index (χ1v) is 11.2. The van der Waals surface area contributed by atoms with Crippen LogP contribution >= 0.6 is 23.2 Å². The van der Waals surface area contributed by atoms with E-state index in [1.54, 1.807) is 60.7 Å². The summed E-state index contributed by atoms with van der Waals surface area (Å²) in [5.74, 6) is 0. The third kappa shape index (κ3) is 3.38. The van der Waals surface area contributed by atoms with Gasteiger partial charge in [-0.05, 0) is 47.5 Å². The van der Waals surface area contributed by atoms with Crippen LogP contribution in [-0.4, -0.2) is 13.7 Å². The first kappa shape index (κ1) is 19.8. The molecule has 0 saturated carbocycles. The molecule has 1 aliphatic rings. The fraction of sp³-hybridized carbons (Fsp3) is 0.136. The van der Waals surface area contributed by atoms with E-state index in [-0.39, 0.29) is 11.3 Å². The van der Waals surface area contributed by atoms with Gasteiger partial charge in [0.05, 0.1) is 22.2 Å². The Balaban J connectivity index is 1.99. The smallest absolute Gasteiger partial charge is 0.199 e. The first-order valence-electron chi connectivity index (χ1n) is 8.88. The number of nitrogens with one attached hydrogen (secondary N) is 1. The van der Waals surface area contributed by atoms with E-state index in [2.05, 4.69) is 11.4 Å². The number of hydrogen-bond donors (Lipinski definition) is 1. The number of sulfone groups is 1. The van der Waals surface area contributed by atoms with Crippen molar-refractivity contribution < 1.29 is 8.42 Å². The lowest BCUT2D eigenvalue weighted by molar-refractivity contribution is 0.469. The summed E-state index contributed by atoms with van der Waals surface area (Å²) >= 11 is 12.2. The summed E-state index contributed by atoms with van der Waals surface area (Å²) in [6, 6.07) is 22.8. The van der Waals surface area contributed by atoms with Gasteiger partial charge in [0.25, 0.3) is 0 Å². The molecule has 0 fully saturated rings. The maximum Gasteiger partial charge on any atom is 0.199 e. The Morgan fingerprint density at radius 3 is 2.38 bits per heavy atom. The largest absolute Gasteiger partial charge is 0.372 e. The second kappa shape index (κ2) is 7.38. The second-order valence-corrected chi connectivity index (χ2v) is 9.83. The molecule has 2 unspecified atom stereocenters. The minimum atomic E-state index is -3.92. The maximum atomic E-state index is 13.4. The number of hydrogen-bond acceptors (Lipinski definition) is 4. The Bertz CT molecular complexity index is 1220. The van der Waals surface area contributed by atoms with Crippen LogP contribution in [0.4, 0.5) is 5.69 Å². The quantitative estimate of drug-likeness (QED) is 0.603. The van der Waals surface area contributed by atoms with E-state index in [0.29, 0.717) is 21.3 Å². The average Bonchev–Trinajstić information content (AvgIpc) is 2.68. The lowest BCUT2D eigenvalue weighted by Gasteiger charge is -2.43. The van der Waals surface area contributed by atoms with Crippen LogP contribution < -0.4 is 5.32 Å². The van der Waals surface area contributed by atoms with Crippen LogP contribution in [0.3, 0.4) is 0 Å². The van der Waals surface area contributed by atoms with E-state index in [9.17, 15) is 13.7 Å². The highest BCUT2D eigenvalue weighted by molar-refractivity contribution is 7.92. The molecule has 0 saturated heterocycles. The fourth-order valence-electron chi connectivity index (χ4n) is 3.87. The molecule has 2 atom stereocenters. The van der Waals surface area contributed by atoms with Crippen LogP contribution in [-0.2, 0) is 21.8 Å². The van der Waals surface area contributed by atoms with Crippen molar-refractivity contribution in [2.24, 2.45) is 0 Å². The van der Waals surface area contributed by atoms with Gasteiger partial charge in [0, 0.05) is 16.5 Å². The highest BCUT2D eigenvalue weighted by atomic mass is 35.5. The molecule has 146 valence electrons. The van der Waals surface area contributed by atoms with Gasteiger partial charge in [-0.3, -0.25) is 0 Å². The van der Waals surface area contributed by atoms with Gasteiger partial charge < -0.3 is 5.32 Å². The zero-order valence-electron chi connectivity index (χ0n) is 15.1. The molecule has 0 radical (unpaired) electrons. The Labute approximate surface area is 179 Å². The zero-order valence-corrected chi connectivity index (χ0v) is 17.5. The van der Waals surface area contributed by atoms with Crippen molar-refractivity contribution >= 4 is 38.7 Å². The summed E-state index contributed by atoms with van der Waals surface area (Å²) in [6.45, 7) is 0. The summed E-state index contributed by atoms with van der Waals surface area (Å²) in [6.07, 6.45) is 0.251. The van der Waals surface area contributed by atoms with Crippen molar-refractivity contribution in [1.82, 2.24) is 0 Å². The summed E-state index contributed by atoms with van der Waals surface area (Å²) in [5.41, 5.74) is 0.731. The van der Waals surface area contributed by atoms with Crippen molar-refractivity contribution in [3.63, 3.8) is 0 Å². The second-order valence-electron chi connectivity index (χ2n) is 6.96. The van der Waals surface area contributed by atoms with Crippen molar-refractivity contribution in [3.8, 4) is 6.07 Å². The van der Waals surface area contributed by atoms with Crippen molar-refractivity contribution in [3.05, 3.63) is 94.0 Å². The van der Waals surface area contributed by atoms with Crippen molar-refractivity contribution in [2.45, 2.75) is 22.1 Å². The molecular weight excluding hydrogens is 427 g/mol. The molecule has 1 heterocycles. The molecule has 7 heteroatoms. The number of fused-ring (bicyclic) bond motifs is 1. The van der Waals surface area contributed by atoms with E-state index in [1.807, 2.05) is 6.07 Å². The lowest BCUT2D eigenvalue weighted by atomic mass is 9.80. The lowest BCUT2D eigenvalue weighted by Crippen LogP contribution is -2.54. The van der Waals surface area contributed by atoms with Crippen LogP contribution in [0.15, 0.2) is 77.7 Å². The van der Waals surface area contributed by atoms with Crippen LogP contribution in [0.5, 0.6) is 0 Å². The van der Waals surface area contributed by atoms with Crippen molar-refractivity contribution in [1.29, 1.82) is 5.26 Å². The third-order valence-corrected chi connectivity index (χ3v) is 7.74. The average molecular weight is 443 g/mol. The fourth-order valence-corrected chi connectivity index (χ4v) is 6.11. The van der Waals surface area contributed by atoms with E-state index in [0.717, 1.165) is 5.56 Å². The monoisotopic (exact) mass is 442 g/mol. The summed E-state index contributed by atoms with van der Waals surface area (Å²) < 4.78 is 26.9. The summed E-state index contributed by atoms with van der Waals surface area (Å²) in [4.78, 5) is 0.127. The van der Waals surface area contributed by atoms with E-state index in [4.69, 9.17) is 23.2 Å². The molecule has 4 rings (SSSR count). The molecule has 0 aliphatic carbocycles. The van der Waals surface area contributed by atoms with Gasteiger partial charge in [0.1, 0.15) is 0 Å². The zero-order chi connectivity index (χ0) is 20.6. The van der Waals surface area contributed by atoms with Gasteiger partial charge in [0.15, 0.2) is 15.1 Å². The van der Waals surface area contributed by atoms with Gasteiger partial charge >= 0.3 is 0 Å². The van der Waals surface area contributed by atoms with E-state index in [1.165, 1.54) is 6.07 Å². The highest BCUT2D eigenvalue weighted by Gasteiger charge is 2.52. The molecule has 0 amide bonds. The number of nitriles is 1. The highest BCUT2D eigenvalue weighted by Crippen LogP contribution is 2.45. The molecule has 0 bridgehead atoms. The Kier molecular flexibility index (Phi) is 5.04. The van der Waals surface area contributed by atoms with Gasteiger partial charge in [0.2, 0.25) is 0 Å². The van der Waals surface area contributed by atoms with Gasteiger partial charge in [-0.1, -0.05) is 59.6 Å². The Hall–Kier alpha value is -2.52.